The van der Waals surface area contributed by atoms with Crippen molar-refractivity contribution in [1.82, 2.24) is 0 Å². The summed E-state index contributed by atoms with van der Waals surface area (Å²) in [5, 5.41) is 17.1. The van der Waals surface area contributed by atoms with Gasteiger partial charge in [-0.1, -0.05) is 75.4 Å². The molecule has 0 saturated heterocycles. The van der Waals surface area contributed by atoms with Gasteiger partial charge in [-0.05, 0) is 32.5 Å². The van der Waals surface area contributed by atoms with Crippen LogP contribution in [-0.2, 0) is 13.9 Å². The van der Waals surface area contributed by atoms with Crippen molar-refractivity contribution in [2.75, 3.05) is 5.32 Å². The fourth-order valence-corrected chi connectivity index (χ4v) is 4.96. The van der Waals surface area contributed by atoms with E-state index in [4.69, 9.17) is 8.19 Å². The summed E-state index contributed by atoms with van der Waals surface area (Å²) < 4.78 is 28.4. The number of hydrogen-bond donors (Lipinski definition) is 4. The molecule has 7 heteroatoms. The van der Waals surface area contributed by atoms with Crippen LogP contribution in [0.15, 0.2) is 72.8 Å². The van der Waals surface area contributed by atoms with Crippen LogP contribution in [0, 0.1) is 0 Å². The summed E-state index contributed by atoms with van der Waals surface area (Å²) in [5.41, 5.74) is 1.59. The number of amides is 1. The van der Waals surface area contributed by atoms with Crippen LogP contribution in [-0.4, -0.2) is 33.4 Å². The monoisotopic (exact) mass is 509 g/mol. The van der Waals surface area contributed by atoms with Crippen LogP contribution in [0.25, 0.3) is 21.5 Å². The van der Waals surface area contributed by atoms with E-state index in [-0.39, 0.29) is 11.1 Å². The van der Waals surface area contributed by atoms with Gasteiger partial charge in [-0.2, -0.15) is 0 Å². The van der Waals surface area contributed by atoms with E-state index in [2.05, 4.69) is 80.7 Å². The van der Waals surface area contributed by atoms with Crippen molar-refractivity contribution in [3.05, 3.63) is 78.4 Å². The summed E-state index contributed by atoms with van der Waals surface area (Å²) in [7, 11) is 0. The third-order valence-electron chi connectivity index (χ3n) is 5.25. The molecule has 0 unspecified atom stereocenters. The number of fused-ring (bicyclic) bond motifs is 3. The van der Waals surface area contributed by atoms with Crippen LogP contribution in [0.1, 0.15) is 33.3 Å². The van der Waals surface area contributed by atoms with Gasteiger partial charge in [0.25, 0.3) is 0 Å². The second kappa shape index (κ2) is 9.44. The minimum absolute atomic E-state index is 0.00951. The van der Waals surface area contributed by atoms with Crippen LogP contribution in [0.2, 0.25) is 0 Å². The first-order valence-electron chi connectivity index (χ1n) is 10.5. The van der Waals surface area contributed by atoms with Crippen molar-refractivity contribution in [3.8, 4) is 5.75 Å². The third-order valence-corrected chi connectivity index (χ3v) is 7.32. The Balaban J connectivity index is 0.000000190. The average molecular weight is 509 g/mol. The second-order valence-electron chi connectivity index (χ2n) is 8.87. The molecular weight excluding hydrogens is 481 g/mol. The molecule has 4 rings (SSSR count). The SMILES string of the molecule is CC(=O)Nc1cccc([As](=O)(O)O)c1O.CC(C)(C)c1ccc2c(ccc3ccccc32)c1. The zero-order chi connectivity index (χ0) is 24.4. The van der Waals surface area contributed by atoms with Gasteiger partial charge in [0.1, 0.15) is 0 Å². The molecular formula is C26H28AsNO5. The fraction of sp³-hybridized carbons (Fsp3) is 0.192. The number of carbonyl (C=O) groups excluding carboxylic acids is 1. The predicted octanol–water partition coefficient (Wildman–Crippen LogP) is 4.20. The van der Waals surface area contributed by atoms with Crippen LogP contribution in [0.4, 0.5) is 5.69 Å². The summed E-state index contributed by atoms with van der Waals surface area (Å²) in [6.45, 7) is 8.01. The molecule has 4 aromatic carbocycles. The zero-order valence-electron chi connectivity index (χ0n) is 19.0. The minimum Gasteiger partial charge on any atom is -0.0616 e. The first-order chi connectivity index (χ1) is 15.4. The Morgan fingerprint density at radius 1 is 0.848 bits per heavy atom. The van der Waals surface area contributed by atoms with Crippen LogP contribution >= 0.6 is 0 Å². The van der Waals surface area contributed by atoms with Gasteiger partial charge in [-0.3, -0.25) is 0 Å². The van der Waals surface area contributed by atoms with E-state index >= 15 is 0 Å². The van der Waals surface area contributed by atoms with E-state index in [1.54, 1.807) is 0 Å². The molecule has 0 aliphatic carbocycles. The minimum atomic E-state index is -5.15. The molecule has 0 heterocycles. The number of benzene rings is 4. The summed E-state index contributed by atoms with van der Waals surface area (Å²) in [4.78, 5) is 10.7. The van der Waals surface area contributed by atoms with Crippen molar-refractivity contribution in [2.24, 2.45) is 0 Å². The van der Waals surface area contributed by atoms with Gasteiger partial charge in [0.2, 0.25) is 0 Å². The molecule has 0 aliphatic heterocycles. The summed E-state index contributed by atoms with van der Waals surface area (Å²) in [5.74, 6) is -1.01. The van der Waals surface area contributed by atoms with E-state index in [0.717, 1.165) is 6.07 Å². The van der Waals surface area contributed by atoms with Gasteiger partial charge in [0.15, 0.2) is 0 Å². The number of phenolic OH excluding ortho intramolecular Hbond substituents is 1. The first kappa shape index (κ1) is 24.6. The molecule has 4 N–H and O–H groups in total. The number of nitrogens with one attached hydrogen (secondary N) is 1. The van der Waals surface area contributed by atoms with E-state index in [1.807, 2.05) is 0 Å². The van der Waals surface area contributed by atoms with Gasteiger partial charge in [0.05, 0.1) is 0 Å². The Kier molecular flexibility index (Phi) is 7.03. The van der Waals surface area contributed by atoms with Crippen LogP contribution < -0.4 is 9.67 Å². The van der Waals surface area contributed by atoms with Crippen molar-refractivity contribution in [3.63, 3.8) is 0 Å². The smallest absolute Gasteiger partial charge is 0.0105 e. The second-order valence-corrected chi connectivity index (χ2v) is 12.2. The van der Waals surface area contributed by atoms with Crippen LogP contribution in [0.3, 0.4) is 0 Å². The first-order valence-corrected chi connectivity index (χ1v) is 13.8. The van der Waals surface area contributed by atoms with E-state index in [0.29, 0.717) is 0 Å². The standard InChI is InChI=1S/C18H18.C8H10AsNO5/c1-18(2,3)15-10-11-17-14(12-15)9-8-13-6-4-5-7-16(13)17;1-5(11)10-7-4-2-3-6(8(7)12)9(13,14)15/h4-12H,1-3H3;2-4,12H,1H3,(H,10,11)(H2,13,14,15). The Bertz CT molecular complexity index is 1370. The summed E-state index contributed by atoms with van der Waals surface area (Å²) in [6.07, 6.45) is 0. The molecule has 172 valence electrons. The Hall–Kier alpha value is -3.05. The number of para-hydroxylation sites is 1. The number of aromatic hydroxyl groups is 1. The van der Waals surface area contributed by atoms with Crippen molar-refractivity contribution < 1.29 is 21.8 Å². The van der Waals surface area contributed by atoms with Gasteiger partial charge in [-0.25, -0.2) is 0 Å². The molecule has 6 nitrogen and oxygen atoms in total. The van der Waals surface area contributed by atoms with Gasteiger partial charge >= 0.3 is 88.1 Å². The van der Waals surface area contributed by atoms with Gasteiger partial charge < -0.3 is 0 Å². The largest absolute Gasteiger partial charge is 0.0616 e. The molecule has 4 aromatic rings. The summed E-state index contributed by atoms with van der Waals surface area (Å²) in [6, 6.07) is 23.7. The van der Waals surface area contributed by atoms with Gasteiger partial charge in [-0.15, -0.1) is 0 Å². The number of anilines is 1. The fourth-order valence-electron chi connectivity index (χ4n) is 3.54. The molecule has 0 spiro atoms. The number of rotatable bonds is 2. The molecule has 1 amide bonds. The van der Waals surface area contributed by atoms with E-state index in [9.17, 15) is 13.6 Å². The predicted molar refractivity (Wildman–Crippen MR) is 133 cm³/mol. The summed E-state index contributed by atoms with van der Waals surface area (Å²) >= 11 is -5.15. The quantitative estimate of drug-likeness (QED) is 0.184. The maximum Gasteiger partial charge on any atom is -0.0105 e. The molecule has 0 fully saturated rings. The Morgan fingerprint density at radius 2 is 1.48 bits per heavy atom. The van der Waals surface area contributed by atoms with E-state index < -0.39 is 30.2 Å². The maximum atomic E-state index is 11.0. The number of phenols is 1. The molecule has 0 aliphatic rings. The number of hydrogen-bond acceptors (Lipinski definition) is 3. The average Bonchev–Trinajstić information content (AvgIpc) is 2.73. The molecule has 33 heavy (non-hydrogen) atoms. The van der Waals surface area contributed by atoms with Crippen molar-refractivity contribution >= 4 is 51.7 Å². The number of carbonyl (C=O) groups is 1. The Labute approximate surface area is 195 Å². The zero-order valence-corrected chi connectivity index (χ0v) is 20.9. The molecule has 0 saturated carbocycles. The van der Waals surface area contributed by atoms with Crippen molar-refractivity contribution in [2.45, 2.75) is 33.1 Å². The molecule has 0 bridgehead atoms. The third kappa shape index (κ3) is 5.85. The topological polar surface area (TPSA) is 107 Å². The molecule has 0 atom stereocenters. The van der Waals surface area contributed by atoms with Crippen LogP contribution in [0.5, 0.6) is 5.75 Å². The molecule has 0 radical (unpaired) electrons. The maximum absolute atomic E-state index is 11.0. The molecule has 0 aromatic heterocycles. The van der Waals surface area contributed by atoms with Gasteiger partial charge in [0, 0.05) is 0 Å². The Morgan fingerprint density at radius 3 is 2.12 bits per heavy atom. The van der Waals surface area contributed by atoms with E-state index in [1.165, 1.54) is 46.2 Å². The normalized spacial score (nSPS) is 11.7. The van der Waals surface area contributed by atoms with Crippen molar-refractivity contribution in [1.29, 1.82) is 0 Å².